The van der Waals surface area contributed by atoms with Crippen LogP contribution >= 0.6 is 0 Å². The minimum atomic E-state index is -3.31. The van der Waals surface area contributed by atoms with E-state index < -0.39 is 15.9 Å². The number of hydrogen-bond acceptors (Lipinski definition) is 6. The van der Waals surface area contributed by atoms with Crippen molar-refractivity contribution >= 4 is 32.6 Å². The average molecular weight is 411 g/mol. The summed E-state index contributed by atoms with van der Waals surface area (Å²) in [5.41, 5.74) is 9.03. The van der Waals surface area contributed by atoms with Gasteiger partial charge in [0.05, 0.1) is 21.8 Å². The number of carbonyl (C=O) groups excluding carboxylic acids is 1. The number of carbonyl (C=O) groups is 1. The number of benzene rings is 1. The molecule has 2 amide bonds. The average Bonchev–Trinajstić information content (AvgIpc) is 3.14. The number of fused-ring (bicyclic) bond motifs is 1. The third-order valence-corrected chi connectivity index (χ3v) is 6.11. The zero-order chi connectivity index (χ0) is 20.6. The van der Waals surface area contributed by atoms with Crippen LogP contribution in [0.15, 0.2) is 53.6 Å². The molecule has 3 N–H and O–H groups in total. The third-order valence-electron chi connectivity index (χ3n) is 5.00. The van der Waals surface area contributed by atoms with Gasteiger partial charge in [-0.05, 0) is 36.8 Å². The largest absolute Gasteiger partial charge is 0.368 e. The first-order chi connectivity index (χ1) is 13.8. The van der Waals surface area contributed by atoms with Crippen LogP contribution in [0.2, 0.25) is 0 Å². The number of anilines is 1. The number of hydrogen-bond donors (Lipinski definition) is 2. The lowest BCUT2D eigenvalue weighted by Crippen LogP contribution is -2.40. The zero-order valence-electron chi connectivity index (χ0n) is 15.9. The van der Waals surface area contributed by atoms with Crippen LogP contribution in [-0.4, -0.2) is 49.8 Å². The lowest BCUT2D eigenvalue weighted by Gasteiger charge is -2.20. The van der Waals surface area contributed by atoms with Crippen molar-refractivity contribution in [3.63, 3.8) is 0 Å². The second-order valence-electron chi connectivity index (χ2n) is 7.13. The number of nitrogens with zero attached hydrogens (tertiary/aromatic N) is 3. The van der Waals surface area contributed by atoms with Crippen LogP contribution < -0.4 is 16.0 Å². The number of aromatic nitrogens is 2. The Morgan fingerprint density at radius 3 is 2.83 bits per heavy atom. The van der Waals surface area contributed by atoms with Crippen molar-refractivity contribution in [2.24, 2.45) is 5.73 Å². The molecule has 0 spiro atoms. The van der Waals surface area contributed by atoms with Crippen molar-refractivity contribution in [2.45, 2.75) is 17.4 Å². The standard InChI is InChI=1S/C20H21N5O3S/c1-29(27,28)15-4-2-3-13(11-15)16-5-6-17-19(24-16)18(7-9-22-17)25-10-8-14(12-25)23-20(21)26/h2-7,9,11,14H,8,10,12H2,1H3,(H3,21,23,26)/t14-/m1/s1. The van der Waals surface area contributed by atoms with E-state index in [9.17, 15) is 13.2 Å². The molecule has 1 aliphatic rings. The molecule has 3 heterocycles. The highest BCUT2D eigenvalue weighted by Crippen LogP contribution is 2.30. The molecule has 1 fully saturated rings. The number of urea groups is 1. The van der Waals surface area contributed by atoms with E-state index in [1.807, 2.05) is 24.3 Å². The van der Waals surface area contributed by atoms with Crippen LogP contribution in [0.5, 0.6) is 0 Å². The van der Waals surface area contributed by atoms with Gasteiger partial charge in [-0.15, -0.1) is 0 Å². The van der Waals surface area contributed by atoms with Crippen LogP contribution in [0.25, 0.3) is 22.3 Å². The smallest absolute Gasteiger partial charge is 0.312 e. The van der Waals surface area contributed by atoms with Crippen molar-refractivity contribution < 1.29 is 13.2 Å². The van der Waals surface area contributed by atoms with Crippen LogP contribution in [0.4, 0.5) is 10.5 Å². The molecular formula is C20H21N5O3S. The van der Waals surface area contributed by atoms with Gasteiger partial charge < -0.3 is 16.0 Å². The Bertz CT molecular complexity index is 1200. The molecular weight excluding hydrogens is 390 g/mol. The summed E-state index contributed by atoms with van der Waals surface area (Å²) in [6.45, 7) is 1.40. The van der Waals surface area contributed by atoms with Gasteiger partial charge in [-0.25, -0.2) is 18.2 Å². The fourth-order valence-corrected chi connectivity index (χ4v) is 4.28. The van der Waals surface area contributed by atoms with Gasteiger partial charge in [-0.3, -0.25) is 4.98 Å². The third kappa shape index (κ3) is 4.00. The lowest BCUT2D eigenvalue weighted by molar-refractivity contribution is 0.246. The van der Waals surface area contributed by atoms with E-state index >= 15 is 0 Å². The number of nitrogens with two attached hydrogens (primary N) is 1. The van der Waals surface area contributed by atoms with Gasteiger partial charge in [-0.1, -0.05) is 12.1 Å². The molecule has 150 valence electrons. The SMILES string of the molecule is CS(=O)(=O)c1cccc(-c2ccc3nccc(N4CC[C@@H](NC(N)=O)C4)c3n2)c1. The Balaban J connectivity index is 1.73. The Morgan fingerprint density at radius 1 is 1.24 bits per heavy atom. The molecule has 0 saturated carbocycles. The Hall–Kier alpha value is -3.20. The number of sulfone groups is 1. The molecule has 0 bridgehead atoms. The van der Waals surface area contributed by atoms with Crippen molar-refractivity contribution in [1.82, 2.24) is 15.3 Å². The van der Waals surface area contributed by atoms with E-state index in [-0.39, 0.29) is 10.9 Å². The summed E-state index contributed by atoms with van der Waals surface area (Å²) < 4.78 is 23.8. The van der Waals surface area contributed by atoms with Gasteiger partial charge in [0.15, 0.2) is 9.84 Å². The molecule has 9 heteroatoms. The van der Waals surface area contributed by atoms with E-state index in [1.54, 1.807) is 24.4 Å². The quantitative estimate of drug-likeness (QED) is 0.677. The number of rotatable bonds is 4. The molecule has 0 unspecified atom stereocenters. The van der Waals surface area contributed by atoms with Crippen LogP contribution in [-0.2, 0) is 9.84 Å². The number of nitrogens with one attached hydrogen (secondary N) is 1. The fraction of sp³-hybridized carbons (Fsp3) is 0.250. The normalized spacial score (nSPS) is 16.9. The summed E-state index contributed by atoms with van der Waals surface area (Å²) in [5, 5.41) is 2.75. The summed E-state index contributed by atoms with van der Waals surface area (Å²) in [6.07, 6.45) is 3.72. The summed E-state index contributed by atoms with van der Waals surface area (Å²) in [4.78, 5) is 22.7. The van der Waals surface area contributed by atoms with E-state index in [4.69, 9.17) is 10.7 Å². The summed E-state index contributed by atoms with van der Waals surface area (Å²) in [6, 6.07) is 11.8. The first-order valence-electron chi connectivity index (χ1n) is 9.18. The zero-order valence-corrected chi connectivity index (χ0v) is 16.7. The van der Waals surface area contributed by atoms with Gasteiger partial charge in [-0.2, -0.15) is 0 Å². The maximum Gasteiger partial charge on any atom is 0.312 e. The highest BCUT2D eigenvalue weighted by Gasteiger charge is 2.25. The Kier molecular flexibility index (Phi) is 4.83. The maximum atomic E-state index is 11.9. The van der Waals surface area contributed by atoms with Crippen LogP contribution in [0.3, 0.4) is 0 Å². The van der Waals surface area contributed by atoms with Crippen molar-refractivity contribution in [3.05, 3.63) is 48.7 Å². The minimum absolute atomic E-state index is 0.00894. The second-order valence-corrected chi connectivity index (χ2v) is 9.15. The molecule has 0 radical (unpaired) electrons. The van der Waals surface area contributed by atoms with Crippen LogP contribution in [0, 0.1) is 0 Å². The molecule has 2 aromatic heterocycles. The second kappa shape index (κ2) is 7.32. The highest BCUT2D eigenvalue weighted by molar-refractivity contribution is 7.90. The predicted octanol–water partition coefficient (Wildman–Crippen LogP) is 1.95. The number of pyridine rings is 2. The monoisotopic (exact) mass is 411 g/mol. The van der Waals surface area contributed by atoms with Gasteiger partial charge in [0, 0.05) is 37.1 Å². The topological polar surface area (TPSA) is 118 Å². The van der Waals surface area contributed by atoms with Crippen molar-refractivity contribution in [1.29, 1.82) is 0 Å². The highest BCUT2D eigenvalue weighted by atomic mass is 32.2. The molecule has 1 saturated heterocycles. The first-order valence-corrected chi connectivity index (χ1v) is 11.1. The van der Waals surface area contributed by atoms with Crippen molar-refractivity contribution in [2.75, 3.05) is 24.2 Å². The Labute approximate surface area is 168 Å². The van der Waals surface area contributed by atoms with E-state index in [2.05, 4.69) is 15.2 Å². The maximum absolute atomic E-state index is 11.9. The molecule has 4 rings (SSSR count). The first kappa shape index (κ1) is 19.1. The van der Waals surface area contributed by atoms with Gasteiger partial charge in [0.1, 0.15) is 5.52 Å². The number of amides is 2. The van der Waals surface area contributed by atoms with E-state index in [0.717, 1.165) is 35.2 Å². The molecule has 8 nitrogen and oxygen atoms in total. The fourth-order valence-electron chi connectivity index (χ4n) is 3.61. The van der Waals surface area contributed by atoms with E-state index in [1.165, 1.54) is 6.26 Å². The molecule has 0 aliphatic carbocycles. The van der Waals surface area contributed by atoms with Crippen molar-refractivity contribution in [3.8, 4) is 11.3 Å². The van der Waals surface area contributed by atoms with E-state index in [0.29, 0.717) is 12.2 Å². The predicted molar refractivity (Wildman–Crippen MR) is 111 cm³/mol. The molecule has 1 aromatic carbocycles. The van der Waals surface area contributed by atoms with Crippen LogP contribution in [0.1, 0.15) is 6.42 Å². The van der Waals surface area contributed by atoms with Gasteiger partial charge in [0.2, 0.25) is 0 Å². The van der Waals surface area contributed by atoms with Gasteiger partial charge in [0.25, 0.3) is 0 Å². The Morgan fingerprint density at radius 2 is 2.07 bits per heavy atom. The summed E-state index contributed by atoms with van der Waals surface area (Å²) in [5.74, 6) is 0. The summed E-state index contributed by atoms with van der Waals surface area (Å²) in [7, 11) is -3.31. The minimum Gasteiger partial charge on any atom is -0.368 e. The molecule has 1 atom stereocenters. The lowest BCUT2D eigenvalue weighted by atomic mass is 10.1. The molecule has 1 aliphatic heterocycles. The molecule has 29 heavy (non-hydrogen) atoms. The van der Waals surface area contributed by atoms with Gasteiger partial charge >= 0.3 is 6.03 Å². The summed E-state index contributed by atoms with van der Waals surface area (Å²) >= 11 is 0. The molecule has 3 aromatic rings. The number of primary amides is 1.